The van der Waals surface area contributed by atoms with Crippen LogP contribution in [0.4, 0.5) is 4.39 Å². The highest BCUT2D eigenvalue weighted by atomic mass is 19.1. The molecule has 1 aromatic rings. The summed E-state index contributed by atoms with van der Waals surface area (Å²) in [6.07, 6.45) is 0. The van der Waals surface area contributed by atoms with Crippen LogP contribution in [-0.2, 0) is 0 Å². The van der Waals surface area contributed by atoms with Crippen LogP contribution >= 0.6 is 0 Å². The molecule has 0 spiro atoms. The van der Waals surface area contributed by atoms with Gasteiger partial charge in [0.2, 0.25) is 0 Å². The first kappa shape index (κ1) is 14.6. The molecule has 0 atom stereocenters. The van der Waals surface area contributed by atoms with Gasteiger partial charge in [-0.1, -0.05) is 12.1 Å². The van der Waals surface area contributed by atoms with E-state index in [-0.39, 0.29) is 18.2 Å². The van der Waals surface area contributed by atoms with Gasteiger partial charge in [-0.3, -0.25) is 4.79 Å². The van der Waals surface area contributed by atoms with Gasteiger partial charge in [0.15, 0.2) is 0 Å². The van der Waals surface area contributed by atoms with Gasteiger partial charge >= 0.3 is 0 Å². The Morgan fingerprint density at radius 1 is 1.39 bits per heavy atom. The number of carbonyl (C=O) groups excluding carboxylic acids is 1. The zero-order valence-corrected chi connectivity index (χ0v) is 11.3. The smallest absolute Gasteiger partial charge is 0.257 e. The molecule has 4 heteroatoms. The fourth-order valence-corrected chi connectivity index (χ4v) is 2.05. The zero-order chi connectivity index (χ0) is 13.9. The summed E-state index contributed by atoms with van der Waals surface area (Å²) in [4.78, 5) is 13.9. The first-order chi connectivity index (χ1) is 8.31. The van der Waals surface area contributed by atoms with Gasteiger partial charge in [0.05, 0.1) is 17.7 Å². The van der Waals surface area contributed by atoms with Gasteiger partial charge in [-0.15, -0.1) is 0 Å². The van der Waals surface area contributed by atoms with E-state index in [0.717, 1.165) is 0 Å². The summed E-state index contributed by atoms with van der Waals surface area (Å²) in [5.74, 6) is -0.941. The number of rotatable bonds is 4. The highest BCUT2D eigenvalue weighted by molar-refractivity contribution is 5.95. The second kappa shape index (κ2) is 5.48. The normalized spacial score (nSPS) is 11.7. The minimum atomic E-state index is -0.729. The van der Waals surface area contributed by atoms with E-state index >= 15 is 0 Å². The van der Waals surface area contributed by atoms with Gasteiger partial charge in [-0.05, 0) is 39.8 Å². The fourth-order valence-electron chi connectivity index (χ4n) is 2.05. The number of benzene rings is 1. The average molecular weight is 253 g/mol. The van der Waals surface area contributed by atoms with Crippen molar-refractivity contribution in [3.05, 3.63) is 35.6 Å². The molecular weight excluding hydrogens is 233 g/mol. The van der Waals surface area contributed by atoms with Crippen molar-refractivity contribution in [1.82, 2.24) is 4.90 Å². The second-order valence-corrected chi connectivity index (χ2v) is 5.22. The van der Waals surface area contributed by atoms with Crippen molar-refractivity contribution in [2.75, 3.05) is 6.61 Å². The molecule has 1 N–H and O–H groups in total. The Hall–Kier alpha value is -1.42. The Bertz CT molecular complexity index is 430. The van der Waals surface area contributed by atoms with Crippen LogP contribution in [0.25, 0.3) is 0 Å². The van der Waals surface area contributed by atoms with Crippen molar-refractivity contribution in [3.8, 4) is 0 Å². The van der Waals surface area contributed by atoms with Gasteiger partial charge in [-0.25, -0.2) is 4.39 Å². The molecule has 18 heavy (non-hydrogen) atoms. The molecule has 0 aromatic heterocycles. The fraction of sp³-hybridized carbons (Fsp3) is 0.500. The number of halogens is 1. The summed E-state index contributed by atoms with van der Waals surface area (Å²) in [5.41, 5.74) is -0.694. The Balaban J connectivity index is 3.17. The Labute approximate surface area is 107 Å². The molecule has 0 bridgehead atoms. The highest BCUT2D eigenvalue weighted by Gasteiger charge is 2.33. The standard InChI is InChI=1S/C14H20FNO2/c1-10(2)16(14(3,4)9-17)13(18)11-7-5-6-8-12(11)15/h5-8,10,17H,9H2,1-4H3. The van der Waals surface area contributed by atoms with Crippen molar-refractivity contribution in [2.45, 2.75) is 39.3 Å². The van der Waals surface area contributed by atoms with Crippen LogP contribution in [0, 0.1) is 5.82 Å². The van der Waals surface area contributed by atoms with Gasteiger partial charge in [0, 0.05) is 6.04 Å². The van der Waals surface area contributed by atoms with Crippen LogP contribution in [0.2, 0.25) is 0 Å². The predicted molar refractivity (Wildman–Crippen MR) is 68.9 cm³/mol. The predicted octanol–water partition coefficient (Wildman–Crippen LogP) is 2.45. The zero-order valence-electron chi connectivity index (χ0n) is 11.3. The van der Waals surface area contributed by atoms with E-state index in [0.29, 0.717) is 0 Å². The van der Waals surface area contributed by atoms with Crippen LogP contribution in [-0.4, -0.2) is 34.1 Å². The van der Waals surface area contributed by atoms with E-state index in [1.165, 1.54) is 17.0 Å². The molecule has 0 aliphatic carbocycles. The van der Waals surface area contributed by atoms with Crippen molar-refractivity contribution < 1.29 is 14.3 Å². The largest absolute Gasteiger partial charge is 0.394 e. The van der Waals surface area contributed by atoms with E-state index in [4.69, 9.17) is 0 Å². The van der Waals surface area contributed by atoms with Crippen molar-refractivity contribution in [1.29, 1.82) is 0 Å². The monoisotopic (exact) mass is 253 g/mol. The lowest BCUT2D eigenvalue weighted by molar-refractivity contribution is 0.0247. The van der Waals surface area contributed by atoms with E-state index in [9.17, 15) is 14.3 Å². The third-order valence-corrected chi connectivity index (χ3v) is 2.88. The number of hydrogen-bond acceptors (Lipinski definition) is 2. The summed E-state index contributed by atoms with van der Waals surface area (Å²) in [5, 5.41) is 9.39. The van der Waals surface area contributed by atoms with Gasteiger partial charge < -0.3 is 10.0 Å². The SMILES string of the molecule is CC(C)N(C(=O)c1ccccc1F)C(C)(C)CO. The van der Waals surface area contributed by atoms with Crippen LogP contribution in [0.15, 0.2) is 24.3 Å². The third-order valence-electron chi connectivity index (χ3n) is 2.88. The summed E-state index contributed by atoms with van der Waals surface area (Å²) in [6, 6.07) is 5.77. The molecule has 0 aliphatic rings. The van der Waals surface area contributed by atoms with Crippen molar-refractivity contribution >= 4 is 5.91 Å². The van der Waals surface area contributed by atoms with E-state index in [2.05, 4.69) is 0 Å². The second-order valence-electron chi connectivity index (χ2n) is 5.22. The van der Waals surface area contributed by atoms with Crippen LogP contribution < -0.4 is 0 Å². The Kier molecular flexibility index (Phi) is 4.46. The summed E-state index contributed by atoms with van der Waals surface area (Å²) in [6.45, 7) is 7.02. The van der Waals surface area contributed by atoms with Gasteiger partial charge in [0.25, 0.3) is 5.91 Å². The molecule has 1 aromatic carbocycles. The minimum Gasteiger partial charge on any atom is -0.394 e. The maximum atomic E-state index is 13.6. The molecule has 0 saturated heterocycles. The quantitative estimate of drug-likeness (QED) is 0.895. The summed E-state index contributed by atoms with van der Waals surface area (Å²) < 4.78 is 13.6. The maximum Gasteiger partial charge on any atom is 0.257 e. The highest BCUT2D eigenvalue weighted by Crippen LogP contribution is 2.21. The molecule has 0 unspecified atom stereocenters. The molecule has 1 rings (SSSR count). The molecule has 1 amide bonds. The van der Waals surface area contributed by atoms with E-state index in [1.807, 2.05) is 13.8 Å². The van der Waals surface area contributed by atoms with Crippen molar-refractivity contribution in [3.63, 3.8) is 0 Å². The van der Waals surface area contributed by atoms with Gasteiger partial charge in [0.1, 0.15) is 5.82 Å². The molecule has 0 saturated carbocycles. The molecule has 0 radical (unpaired) electrons. The molecule has 3 nitrogen and oxygen atoms in total. The number of aliphatic hydroxyl groups is 1. The lowest BCUT2D eigenvalue weighted by atomic mass is 10.00. The molecule has 100 valence electrons. The molecule has 0 fully saturated rings. The Morgan fingerprint density at radius 3 is 2.39 bits per heavy atom. The molecule has 0 heterocycles. The number of nitrogens with zero attached hydrogens (tertiary/aromatic N) is 1. The topological polar surface area (TPSA) is 40.5 Å². The van der Waals surface area contributed by atoms with Crippen molar-refractivity contribution in [2.24, 2.45) is 0 Å². The minimum absolute atomic E-state index is 0.0349. The van der Waals surface area contributed by atoms with Crippen LogP contribution in [0.5, 0.6) is 0 Å². The summed E-state index contributed by atoms with van der Waals surface area (Å²) >= 11 is 0. The van der Waals surface area contributed by atoms with E-state index < -0.39 is 17.3 Å². The first-order valence-corrected chi connectivity index (χ1v) is 6.00. The number of amides is 1. The van der Waals surface area contributed by atoms with E-state index in [1.54, 1.807) is 26.0 Å². The lowest BCUT2D eigenvalue weighted by Crippen LogP contribution is -2.53. The molecular formula is C14H20FNO2. The average Bonchev–Trinajstić information content (AvgIpc) is 2.28. The van der Waals surface area contributed by atoms with Gasteiger partial charge in [-0.2, -0.15) is 0 Å². The lowest BCUT2D eigenvalue weighted by Gasteiger charge is -2.40. The van der Waals surface area contributed by atoms with Crippen LogP contribution in [0.3, 0.4) is 0 Å². The molecule has 0 aliphatic heterocycles. The summed E-state index contributed by atoms with van der Waals surface area (Å²) in [7, 11) is 0. The number of carbonyl (C=O) groups is 1. The maximum absolute atomic E-state index is 13.6. The third kappa shape index (κ3) is 2.88. The number of aliphatic hydroxyl groups excluding tert-OH is 1. The number of hydrogen-bond donors (Lipinski definition) is 1. The first-order valence-electron chi connectivity index (χ1n) is 6.00. The van der Waals surface area contributed by atoms with Crippen LogP contribution in [0.1, 0.15) is 38.1 Å². The Morgan fingerprint density at radius 2 is 1.94 bits per heavy atom.